The molecule has 1 fully saturated rings. The molecule has 0 bridgehead atoms. The molecule has 5 rings (SSSR count). The Morgan fingerprint density at radius 1 is 0.970 bits per heavy atom. The minimum atomic E-state index is -0.318. The van der Waals surface area contributed by atoms with Gasteiger partial charge in [-0.25, -0.2) is 4.98 Å². The number of nitrogens with one attached hydrogen (secondary N) is 1. The molecule has 0 aromatic carbocycles. The van der Waals surface area contributed by atoms with Crippen LogP contribution < -0.4 is 5.56 Å². The number of fused-ring (bicyclic) bond motifs is 1. The van der Waals surface area contributed by atoms with Crippen molar-refractivity contribution in [1.29, 1.82) is 0 Å². The van der Waals surface area contributed by atoms with E-state index in [2.05, 4.69) is 15.0 Å². The number of carbonyl (C=O) groups excluding carboxylic acids is 2. The van der Waals surface area contributed by atoms with Crippen LogP contribution in [0.1, 0.15) is 63.1 Å². The first kappa shape index (κ1) is 21.0. The number of likely N-dealkylation sites (tertiary alicyclic amines) is 1. The summed E-state index contributed by atoms with van der Waals surface area (Å²) in [6.07, 6.45) is 9.36. The van der Waals surface area contributed by atoms with E-state index in [9.17, 15) is 14.4 Å². The van der Waals surface area contributed by atoms with E-state index in [1.807, 2.05) is 0 Å². The third-order valence-corrected chi connectivity index (χ3v) is 6.29. The molecule has 168 valence electrons. The fourth-order valence-corrected chi connectivity index (χ4v) is 4.58. The molecule has 0 spiro atoms. The van der Waals surface area contributed by atoms with Crippen LogP contribution in [0.2, 0.25) is 0 Å². The Labute approximate surface area is 190 Å². The lowest BCUT2D eigenvalue weighted by atomic mass is 9.99. The van der Waals surface area contributed by atoms with Crippen molar-refractivity contribution in [2.45, 2.75) is 38.3 Å². The van der Waals surface area contributed by atoms with Crippen molar-refractivity contribution in [3.8, 4) is 0 Å². The van der Waals surface area contributed by atoms with Crippen LogP contribution >= 0.6 is 0 Å². The van der Waals surface area contributed by atoms with Crippen LogP contribution in [0, 0.1) is 0 Å². The van der Waals surface area contributed by atoms with E-state index < -0.39 is 0 Å². The Morgan fingerprint density at radius 3 is 2.61 bits per heavy atom. The zero-order valence-electron chi connectivity index (χ0n) is 18.1. The molecule has 0 aliphatic carbocycles. The second kappa shape index (κ2) is 8.93. The van der Waals surface area contributed by atoms with Gasteiger partial charge in [0.05, 0.1) is 23.8 Å². The van der Waals surface area contributed by atoms with E-state index in [1.165, 1.54) is 0 Å². The number of hydrogen-bond donors (Lipinski definition) is 1. The van der Waals surface area contributed by atoms with Crippen molar-refractivity contribution in [2.75, 3.05) is 13.1 Å². The molecule has 2 aliphatic rings. The lowest BCUT2D eigenvalue weighted by Gasteiger charge is -2.36. The van der Waals surface area contributed by atoms with Crippen molar-refractivity contribution in [1.82, 2.24) is 29.7 Å². The molecular formula is C24H24N6O3. The predicted octanol–water partition coefficient (Wildman–Crippen LogP) is 2.13. The Hall–Kier alpha value is -3.88. The molecule has 33 heavy (non-hydrogen) atoms. The number of pyridine rings is 2. The third-order valence-electron chi connectivity index (χ3n) is 6.29. The van der Waals surface area contributed by atoms with E-state index in [0.29, 0.717) is 47.7 Å². The van der Waals surface area contributed by atoms with Gasteiger partial charge in [-0.3, -0.25) is 24.4 Å². The van der Waals surface area contributed by atoms with E-state index in [1.54, 1.807) is 58.9 Å². The molecule has 1 N–H and O–H groups in total. The maximum atomic E-state index is 13.2. The first-order valence-electron chi connectivity index (χ1n) is 11.1. The van der Waals surface area contributed by atoms with Gasteiger partial charge in [-0.05, 0) is 49.9 Å². The van der Waals surface area contributed by atoms with Crippen LogP contribution in [0.15, 0.2) is 53.8 Å². The second-order valence-electron chi connectivity index (χ2n) is 8.34. The number of amides is 2. The zero-order valence-corrected chi connectivity index (χ0v) is 18.1. The van der Waals surface area contributed by atoms with Gasteiger partial charge in [-0.2, -0.15) is 0 Å². The van der Waals surface area contributed by atoms with E-state index in [4.69, 9.17) is 4.98 Å². The predicted molar refractivity (Wildman–Crippen MR) is 119 cm³/mol. The van der Waals surface area contributed by atoms with E-state index in [-0.39, 0.29) is 30.0 Å². The highest BCUT2D eigenvalue weighted by Crippen LogP contribution is 2.30. The summed E-state index contributed by atoms with van der Waals surface area (Å²) in [4.78, 5) is 58.2. The molecule has 0 saturated carbocycles. The van der Waals surface area contributed by atoms with Crippen LogP contribution in [-0.4, -0.2) is 54.6 Å². The van der Waals surface area contributed by atoms with Gasteiger partial charge in [0.1, 0.15) is 5.82 Å². The van der Waals surface area contributed by atoms with Gasteiger partial charge >= 0.3 is 0 Å². The third kappa shape index (κ3) is 4.13. The standard InChI is InChI=1S/C24H24N6O3/c31-22-18-8-13-29(23(32)17-4-3-9-26-14-17)15-19(18)27-21(28-22)20-5-1-2-12-30(20)24(33)16-6-10-25-11-7-16/h3-4,6-7,9-11,14,20H,1-2,5,8,12-13,15H2,(H,27,28,31). The van der Waals surface area contributed by atoms with Crippen molar-refractivity contribution in [2.24, 2.45) is 0 Å². The number of rotatable bonds is 3. The zero-order chi connectivity index (χ0) is 22.8. The fourth-order valence-electron chi connectivity index (χ4n) is 4.58. The average Bonchev–Trinajstić information content (AvgIpc) is 2.88. The molecule has 2 amide bonds. The number of hydrogen-bond acceptors (Lipinski definition) is 6. The summed E-state index contributed by atoms with van der Waals surface area (Å²) in [6, 6.07) is 6.52. The van der Waals surface area contributed by atoms with Crippen LogP contribution in [0.5, 0.6) is 0 Å². The summed E-state index contributed by atoms with van der Waals surface area (Å²) >= 11 is 0. The van der Waals surface area contributed by atoms with E-state index >= 15 is 0 Å². The molecule has 5 heterocycles. The Morgan fingerprint density at radius 2 is 1.82 bits per heavy atom. The number of piperidine rings is 1. The summed E-state index contributed by atoms with van der Waals surface area (Å²) < 4.78 is 0. The number of aromatic nitrogens is 4. The van der Waals surface area contributed by atoms with Gasteiger partial charge < -0.3 is 14.8 Å². The van der Waals surface area contributed by atoms with Crippen molar-refractivity contribution < 1.29 is 9.59 Å². The van der Waals surface area contributed by atoms with Gasteiger partial charge in [0.15, 0.2) is 0 Å². The maximum absolute atomic E-state index is 13.2. The largest absolute Gasteiger partial charge is 0.332 e. The van der Waals surface area contributed by atoms with Crippen LogP contribution in [0.4, 0.5) is 0 Å². The normalized spacial score (nSPS) is 18.0. The summed E-state index contributed by atoms with van der Waals surface area (Å²) in [5.74, 6) is 0.247. The Bertz CT molecular complexity index is 1230. The van der Waals surface area contributed by atoms with Crippen molar-refractivity contribution in [3.05, 3.63) is 87.6 Å². The minimum absolute atomic E-state index is 0.101. The highest BCUT2D eigenvalue weighted by atomic mass is 16.2. The number of aromatic amines is 1. The van der Waals surface area contributed by atoms with Crippen molar-refractivity contribution in [3.63, 3.8) is 0 Å². The molecular weight excluding hydrogens is 420 g/mol. The maximum Gasteiger partial charge on any atom is 0.255 e. The van der Waals surface area contributed by atoms with E-state index in [0.717, 1.165) is 19.3 Å². The number of nitrogens with zero attached hydrogens (tertiary/aromatic N) is 5. The molecule has 0 radical (unpaired) electrons. The summed E-state index contributed by atoms with van der Waals surface area (Å²) in [7, 11) is 0. The summed E-state index contributed by atoms with van der Waals surface area (Å²) in [5, 5.41) is 0. The van der Waals surface area contributed by atoms with Gasteiger partial charge in [0.2, 0.25) is 0 Å². The summed E-state index contributed by atoms with van der Waals surface area (Å²) in [6.45, 7) is 1.30. The average molecular weight is 444 g/mol. The van der Waals surface area contributed by atoms with Gasteiger partial charge in [-0.1, -0.05) is 0 Å². The smallest absolute Gasteiger partial charge is 0.255 e. The van der Waals surface area contributed by atoms with Crippen LogP contribution in [0.3, 0.4) is 0 Å². The Kier molecular flexibility index (Phi) is 5.68. The molecule has 9 nitrogen and oxygen atoms in total. The SMILES string of the molecule is O=C(c1cccnc1)N1CCc2c(nc(C3CCCCN3C(=O)c3ccncc3)[nH]c2=O)C1. The lowest BCUT2D eigenvalue weighted by Crippen LogP contribution is -2.42. The molecule has 3 aromatic heterocycles. The first-order chi connectivity index (χ1) is 16.1. The molecule has 1 atom stereocenters. The first-order valence-corrected chi connectivity index (χ1v) is 11.1. The molecule has 1 unspecified atom stereocenters. The van der Waals surface area contributed by atoms with Gasteiger partial charge in [0.25, 0.3) is 17.4 Å². The van der Waals surface area contributed by atoms with Crippen LogP contribution in [0.25, 0.3) is 0 Å². The second-order valence-corrected chi connectivity index (χ2v) is 8.34. The molecule has 1 saturated heterocycles. The van der Waals surface area contributed by atoms with Crippen LogP contribution in [-0.2, 0) is 13.0 Å². The minimum Gasteiger partial charge on any atom is -0.332 e. The molecule has 3 aromatic rings. The topological polar surface area (TPSA) is 112 Å². The highest BCUT2D eigenvalue weighted by molar-refractivity contribution is 5.94. The lowest BCUT2D eigenvalue weighted by molar-refractivity contribution is 0.0598. The Balaban J connectivity index is 1.44. The molecule has 2 aliphatic heterocycles. The monoisotopic (exact) mass is 444 g/mol. The van der Waals surface area contributed by atoms with Crippen molar-refractivity contribution >= 4 is 11.8 Å². The van der Waals surface area contributed by atoms with Gasteiger partial charge in [0, 0.05) is 49.0 Å². The number of H-pyrrole nitrogens is 1. The van der Waals surface area contributed by atoms with Gasteiger partial charge in [-0.15, -0.1) is 0 Å². The number of carbonyl (C=O) groups is 2. The fraction of sp³-hybridized carbons (Fsp3) is 0.333. The summed E-state index contributed by atoms with van der Waals surface area (Å²) in [5.41, 5.74) is 2.08. The molecule has 9 heteroatoms. The quantitative estimate of drug-likeness (QED) is 0.662. The highest BCUT2D eigenvalue weighted by Gasteiger charge is 2.32.